The predicted molar refractivity (Wildman–Crippen MR) is 110 cm³/mol. The van der Waals surface area contributed by atoms with E-state index in [1.807, 2.05) is 0 Å². The van der Waals surface area contributed by atoms with Gasteiger partial charge in [0.15, 0.2) is 17.5 Å². The van der Waals surface area contributed by atoms with Gasteiger partial charge in [-0.25, -0.2) is 13.2 Å². The SMILES string of the molecule is CCCCCC1CCC(C2CCC(/C=C/c3cc(F)c(F)c(F)c3)CC2)CC1. The van der Waals surface area contributed by atoms with E-state index in [0.717, 1.165) is 42.7 Å². The van der Waals surface area contributed by atoms with Crippen LogP contribution in [-0.2, 0) is 0 Å². The average Bonchev–Trinajstić information content (AvgIpc) is 2.71. The summed E-state index contributed by atoms with van der Waals surface area (Å²) < 4.78 is 39.7. The first kappa shape index (κ1) is 21.5. The standard InChI is InChI=1S/C25H35F3/c1-2-3-4-5-18-8-12-21(13-9-18)22-14-10-19(11-15-22)6-7-20-16-23(26)25(28)24(27)17-20/h6-7,16-19,21-22H,2-5,8-15H2,1H3/b7-6+. The van der Waals surface area contributed by atoms with E-state index in [9.17, 15) is 13.2 Å². The number of halogens is 3. The Hall–Kier alpha value is -1.25. The van der Waals surface area contributed by atoms with Gasteiger partial charge in [0.1, 0.15) is 0 Å². The van der Waals surface area contributed by atoms with Crippen LogP contribution in [0.15, 0.2) is 18.2 Å². The normalized spacial score (nSPS) is 28.7. The lowest BCUT2D eigenvalue weighted by Gasteiger charge is -2.37. The van der Waals surface area contributed by atoms with Crippen LogP contribution in [0.5, 0.6) is 0 Å². The lowest BCUT2D eigenvalue weighted by atomic mass is 9.68. The fourth-order valence-electron chi connectivity index (χ4n) is 5.36. The molecule has 28 heavy (non-hydrogen) atoms. The molecule has 0 spiro atoms. The van der Waals surface area contributed by atoms with Gasteiger partial charge in [-0.05, 0) is 79.9 Å². The first-order valence-electron chi connectivity index (χ1n) is 11.4. The maximum absolute atomic E-state index is 13.3. The summed E-state index contributed by atoms with van der Waals surface area (Å²) in [4.78, 5) is 0. The molecule has 2 fully saturated rings. The molecule has 0 heterocycles. The van der Waals surface area contributed by atoms with Crippen LogP contribution in [-0.4, -0.2) is 0 Å². The van der Waals surface area contributed by atoms with Crippen molar-refractivity contribution in [3.05, 3.63) is 41.2 Å². The van der Waals surface area contributed by atoms with E-state index >= 15 is 0 Å². The topological polar surface area (TPSA) is 0 Å². The predicted octanol–water partition coefficient (Wildman–Crippen LogP) is 8.31. The highest BCUT2D eigenvalue weighted by Crippen LogP contribution is 2.42. The molecule has 3 rings (SSSR count). The van der Waals surface area contributed by atoms with Crippen molar-refractivity contribution in [3.8, 4) is 0 Å². The second kappa shape index (κ2) is 10.5. The minimum atomic E-state index is -1.39. The van der Waals surface area contributed by atoms with E-state index in [1.54, 1.807) is 6.08 Å². The second-order valence-corrected chi connectivity index (χ2v) is 9.11. The molecule has 0 saturated heterocycles. The Labute approximate surface area is 168 Å². The molecule has 156 valence electrons. The quantitative estimate of drug-likeness (QED) is 0.323. The van der Waals surface area contributed by atoms with Crippen LogP contribution in [0.1, 0.15) is 89.5 Å². The smallest absolute Gasteiger partial charge is 0.194 e. The summed E-state index contributed by atoms with van der Waals surface area (Å²) in [6.07, 6.45) is 19.9. The van der Waals surface area contributed by atoms with Crippen LogP contribution < -0.4 is 0 Å². The summed E-state index contributed by atoms with van der Waals surface area (Å²) in [6, 6.07) is 2.14. The number of rotatable bonds is 7. The zero-order chi connectivity index (χ0) is 19.9. The lowest BCUT2D eigenvalue weighted by Crippen LogP contribution is -2.25. The van der Waals surface area contributed by atoms with Crippen molar-refractivity contribution in [2.75, 3.05) is 0 Å². The summed E-state index contributed by atoms with van der Waals surface area (Å²) in [5.74, 6) is -0.411. The molecule has 1 aromatic carbocycles. The number of unbranched alkanes of at least 4 members (excludes halogenated alkanes) is 2. The Balaban J connectivity index is 1.41. The van der Waals surface area contributed by atoms with Crippen molar-refractivity contribution < 1.29 is 13.2 Å². The van der Waals surface area contributed by atoms with E-state index in [4.69, 9.17) is 0 Å². The second-order valence-electron chi connectivity index (χ2n) is 9.11. The van der Waals surface area contributed by atoms with E-state index < -0.39 is 17.5 Å². The highest BCUT2D eigenvalue weighted by Gasteiger charge is 2.30. The molecule has 0 aromatic heterocycles. The molecule has 0 N–H and O–H groups in total. The van der Waals surface area contributed by atoms with Crippen molar-refractivity contribution >= 4 is 6.08 Å². The highest BCUT2D eigenvalue weighted by molar-refractivity contribution is 5.49. The van der Waals surface area contributed by atoms with Gasteiger partial charge in [-0.15, -0.1) is 0 Å². The van der Waals surface area contributed by atoms with Crippen LogP contribution in [0.2, 0.25) is 0 Å². The summed E-state index contributed by atoms with van der Waals surface area (Å²) in [6.45, 7) is 2.28. The molecule has 0 atom stereocenters. The zero-order valence-electron chi connectivity index (χ0n) is 17.2. The molecular weight excluding hydrogens is 357 g/mol. The molecule has 0 unspecified atom stereocenters. The third kappa shape index (κ3) is 5.87. The molecule has 3 heteroatoms. The molecule has 2 aliphatic carbocycles. The van der Waals surface area contributed by atoms with Gasteiger partial charge in [0, 0.05) is 0 Å². The zero-order valence-corrected chi connectivity index (χ0v) is 17.2. The van der Waals surface area contributed by atoms with E-state index in [2.05, 4.69) is 13.0 Å². The van der Waals surface area contributed by atoms with Gasteiger partial charge in [-0.1, -0.05) is 57.6 Å². The minimum absolute atomic E-state index is 0.403. The van der Waals surface area contributed by atoms with Gasteiger partial charge in [-0.3, -0.25) is 0 Å². The number of allylic oxidation sites excluding steroid dienone is 1. The van der Waals surface area contributed by atoms with E-state index in [-0.39, 0.29) is 0 Å². The van der Waals surface area contributed by atoms with Crippen molar-refractivity contribution in [1.29, 1.82) is 0 Å². The Morgan fingerprint density at radius 1 is 0.821 bits per heavy atom. The lowest BCUT2D eigenvalue weighted by molar-refractivity contribution is 0.151. The Bertz CT molecular complexity index is 612. The van der Waals surface area contributed by atoms with Crippen molar-refractivity contribution in [2.24, 2.45) is 23.7 Å². The number of hydrogen-bond acceptors (Lipinski definition) is 0. The van der Waals surface area contributed by atoms with Gasteiger partial charge >= 0.3 is 0 Å². The van der Waals surface area contributed by atoms with Gasteiger partial charge in [0.2, 0.25) is 0 Å². The maximum Gasteiger partial charge on any atom is 0.194 e. The van der Waals surface area contributed by atoms with Crippen LogP contribution in [0.4, 0.5) is 13.2 Å². The maximum atomic E-state index is 13.3. The van der Waals surface area contributed by atoms with Gasteiger partial charge in [0.25, 0.3) is 0 Å². The fraction of sp³-hybridized carbons (Fsp3) is 0.680. The van der Waals surface area contributed by atoms with Crippen molar-refractivity contribution in [2.45, 2.75) is 84.0 Å². The largest absolute Gasteiger partial charge is 0.204 e. The highest BCUT2D eigenvalue weighted by atomic mass is 19.2. The van der Waals surface area contributed by atoms with Crippen LogP contribution in [0.3, 0.4) is 0 Å². The van der Waals surface area contributed by atoms with Crippen molar-refractivity contribution in [3.63, 3.8) is 0 Å². The summed E-state index contributed by atoms with van der Waals surface area (Å²) in [5, 5.41) is 0. The average molecular weight is 393 g/mol. The van der Waals surface area contributed by atoms with E-state index in [0.29, 0.717) is 11.5 Å². The molecule has 0 bridgehead atoms. The third-order valence-corrected chi connectivity index (χ3v) is 7.16. The van der Waals surface area contributed by atoms with Gasteiger partial charge in [-0.2, -0.15) is 0 Å². The number of benzene rings is 1. The van der Waals surface area contributed by atoms with Gasteiger partial charge in [0.05, 0.1) is 0 Å². The minimum Gasteiger partial charge on any atom is -0.204 e. The molecule has 2 saturated carbocycles. The summed E-state index contributed by atoms with van der Waals surface area (Å²) in [5.41, 5.74) is 0.403. The fourth-order valence-corrected chi connectivity index (χ4v) is 5.36. The first-order chi connectivity index (χ1) is 13.6. The van der Waals surface area contributed by atoms with Crippen molar-refractivity contribution in [1.82, 2.24) is 0 Å². The monoisotopic (exact) mass is 392 g/mol. The molecule has 0 radical (unpaired) electrons. The third-order valence-electron chi connectivity index (χ3n) is 7.16. The molecule has 2 aliphatic rings. The molecule has 0 amide bonds. The van der Waals surface area contributed by atoms with Crippen LogP contribution in [0.25, 0.3) is 6.08 Å². The first-order valence-corrected chi connectivity index (χ1v) is 11.4. The van der Waals surface area contributed by atoms with Crippen LogP contribution in [0, 0.1) is 41.1 Å². The molecule has 0 nitrogen and oxygen atoms in total. The van der Waals surface area contributed by atoms with Crippen LogP contribution >= 0.6 is 0 Å². The van der Waals surface area contributed by atoms with Gasteiger partial charge < -0.3 is 0 Å². The van der Waals surface area contributed by atoms with E-state index in [1.165, 1.54) is 64.2 Å². The molecular formula is C25H35F3. The molecule has 1 aromatic rings. The molecule has 0 aliphatic heterocycles. The summed E-state index contributed by atoms with van der Waals surface area (Å²) >= 11 is 0. The Kier molecular flexibility index (Phi) is 8.05. The summed E-state index contributed by atoms with van der Waals surface area (Å²) in [7, 11) is 0. The Morgan fingerprint density at radius 3 is 1.96 bits per heavy atom. The Morgan fingerprint density at radius 2 is 1.39 bits per heavy atom. The number of hydrogen-bond donors (Lipinski definition) is 0.